The van der Waals surface area contributed by atoms with Crippen molar-refractivity contribution in [2.24, 2.45) is 0 Å². The lowest BCUT2D eigenvalue weighted by atomic mass is 10.1. The SMILES string of the molecule is CC(C)(C)NC(=O)c1cccc(C(=O)Nc2cc(C(F)(F)F)ccc2Cl)c1. The highest BCUT2D eigenvalue weighted by Gasteiger charge is 2.31. The fourth-order valence-electron chi connectivity index (χ4n) is 2.21. The van der Waals surface area contributed by atoms with Crippen LogP contribution in [-0.2, 0) is 6.18 Å². The van der Waals surface area contributed by atoms with E-state index in [2.05, 4.69) is 10.6 Å². The van der Waals surface area contributed by atoms with Gasteiger partial charge in [-0.2, -0.15) is 13.2 Å². The summed E-state index contributed by atoms with van der Waals surface area (Å²) in [5, 5.41) is 5.09. The van der Waals surface area contributed by atoms with Crippen molar-refractivity contribution in [3.8, 4) is 0 Å². The zero-order valence-electron chi connectivity index (χ0n) is 14.9. The molecule has 0 saturated heterocycles. The lowest BCUT2D eigenvalue weighted by molar-refractivity contribution is -0.137. The summed E-state index contributed by atoms with van der Waals surface area (Å²) in [5.74, 6) is -1.05. The van der Waals surface area contributed by atoms with Crippen molar-refractivity contribution in [1.29, 1.82) is 0 Å². The highest BCUT2D eigenvalue weighted by molar-refractivity contribution is 6.34. The molecule has 0 aliphatic rings. The van der Waals surface area contributed by atoms with Crippen molar-refractivity contribution in [3.63, 3.8) is 0 Å². The van der Waals surface area contributed by atoms with Gasteiger partial charge in [-0.05, 0) is 57.2 Å². The second-order valence-electron chi connectivity index (χ2n) is 6.93. The van der Waals surface area contributed by atoms with Crippen LogP contribution in [0.25, 0.3) is 0 Å². The molecule has 2 N–H and O–H groups in total. The molecule has 0 unspecified atom stereocenters. The fourth-order valence-corrected chi connectivity index (χ4v) is 2.37. The van der Waals surface area contributed by atoms with Crippen molar-refractivity contribution in [1.82, 2.24) is 5.32 Å². The van der Waals surface area contributed by atoms with E-state index in [1.807, 2.05) is 20.8 Å². The Hall–Kier alpha value is -2.54. The minimum absolute atomic E-state index is 0.0296. The van der Waals surface area contributed by atoms with Gasteiger partial charge in [0.05, 0.1) is 16.3 Å². The van der Waals surface area contributed by atoms with Gasteiger partial charge in [0.2, 0.25) is 0 Å². The monoisotopic (exact) mass is 398 g/mol. The van der Waals surface area contributed by atoms with Crippen LogP contribution < -0.4 is 10.6 Å². The topological polar surface area (TPSA) is 58.2 Å². The third-order valence-corrected chi connectivity index (χ3v) is 3.75. The van der Waals surface area contributed by atoms with Gasteiger partial charge in [0.1, 0.15) is 0 Å². The van der Waals surface area contributed by atoms with Gasteiger partial charge in [-0.3, -0.25) is 9.59 Å². The zero-order chi connectivity index (χ0) is 20.4. The maximum Gasteiger partial charge on any atom is 0.416 e. The van der Waals surface area contributed by atoms with E-state index in [9.17, 15) is 22.8 Å². The van der Waals surface area contributed by atoms with E-state index < -0.39 is 23.2 Å². The van der Waals surface area contributed by atoms with Crippen LogP contribution in [0.2, 0.25) is 5.02 Å². The smallest absolute Gasteiger partial charge is 0.347 e. The quantitative estimate of drug-likeness (QED) is 0.752. The molecule has 144 valence electrons. The Morgan fingerprint density at radius 1 is 0.926 bits per heavy atom. The van der Waals surface area contributed by atoms with E-state index >= 15 is 0 Å². The number of rotatable bonds is 3. The van der Waals surface area contributed by atoms with Gasteiger partial charge in [-0.25, -0.2) is 0 Å². The number of benzene rings is 2. The van der Waals surface area contributed by atoms with Gasteiger partial charge < -0.3 is 10.6 Å². The van der Waals surface area contributed by atoms with E-state index in [1.165, 1.54) is 24.3 Å². The van der Waals surface area contributed by atoms with E-state index in [0.29, 0.717) is 0 Å². The highest BCUT2D eigenvalue weighted by atomic mass is 35.5. The molecule has 8 heteroatoms. The first-order chi connectivity index (χ1) is 12.4. The van der Waals surface area contributed by atoms with Crippen LogP contribution in [0, 0.1) is 0 Å². The van der Waals surface area contributed by atoms with Gasteiger partial charge in [0.15, 0.2) is 0 Å². The summed E-state index contributed by atoms with van der Waals surface area (Å²) >= 11 is 5.89. The van der Waals surface area contributed by atoms with Gasteiger partial charge in [0.25, 0.3) is 11.8 Å². The van der Waals surface area contributed by atoms with Crippen LogP contribution in [0.1, 0.15) is 47.1 Å². The predicted molar refractivity (Wildman–Crippen MR) is 98.1 cm³/mol. The molecule has 0 radical (unpaired) electrons. The molecule has 27 heavy (non-hydrogen) atoms. The molecule has 0 spiro atoms. The first-order valence-corrected chi connectivity index (χ1v) is 8.35. The van der Waals surface area contributed by atoms with Crippen molar-refractivity contribution in [2.75, 3.05) is 5.32 Å². The number of hydrogen-bond donors (Lipinski definition) is 2. The summed E-state index contributed by atoms with van der Waals surface area (Å²) in [6, 6.07) is 8.51. The van der Waals surface area contributed by atoms with E-state index in [-0.39, 0.29) is 27.7 Å². The number of amides is 2. The molecule has 0 saturated carbocycles. The standard InChI is InChI=1S/C19H18ClF3N2O2/c1-18(2,3)25-17(27)12-6-4-5-11(9-12)16(26)24-15-10-13(19(21,22)23)7-8-14(15)20/h4-10H,1-3H3,(H,24,26)(H,25,27). The molecule has 2 amide bonds. The normalized spacial score (nSPS) is 11.8. The Balaban J connectivity index is 2.25. The highest BCUT2D eigenvalue weighted by Crippen LogP contribution is 2.34. The van der Waals surface area contributed by atoms with Crippen LogP contribution in [0.3, 0.4) is 0 Å². The van der Waals surface area contributed by atoms with Crippen molar-refractivity contribution < 1.29 is 22.8 Å². The molecule has 0 aliphatic carbocycles. The van der Waals surface area contributed by atoms with Crippen LogP contribution in [-0.4, -0.2) is 17.4 Å². The molecule has 2 aromatic carbocycles. The van der Waals surface area contributed by atoms with Crippen LogP contribution in [0.15, 0.2) is 42.5 Å². The average Bonchev–Trinajstić information content (AvgIpc) is 2.54. The van der Waals surface area contributed by atoms with Crippen LogP contribution >= 0.6 is 11.6 Å². The molecule has 0 aliphatic heterocycles. The molecule has 2 aromatic rings. The summed E-state index contributed by atoms with van der Waals surface area (Å²) in [5.41, 5.74) is -1.18. The van der Waals surface area contributed by atoms with Gasteiger partial charge in [-0.1, -0.05) is 17.7 Å². The van der Waals surface area contributed by atoms with Crippen LogP contribution in [0.5, 0.6) is 0 Å². The molecule has 0 aromatic heterocycles. The van der Waals surface area contributed by atoms with E-state index in [4.69, 9.17) is 11.6 Å². The molecule has 0 heterocycles. The van der Waals surface area contributed by atoms with Gasteiger partial charge in [-0.15, -0.1) is 0 Å². The first kappa shape index (κ1) is 20.8. The summed E-state index contributed by atoms with van der Waals surface area (Å²) < 4.78 is 38.5. The third-order valence-electron chi connectivity index (χ3n) is 3.42. The summed E-state index contributed by atoms with van der Waals surface area (Å²) in [4.78, 5) is 24.6. The lowest BCUT2D eigenvalue weighted by Crippen LogP contribution is -2.40. The number of anilines is 1. The molecule has 0 fully saturated rings. The van der Waals surface area contributed by atoms with Gasteiger partial charge in [0, 0.05) is 16.7 Å². The number of hydrogen-bond acceptors (Lipinski definition) is 2. The Kier molecular flexibility index (Phi) is 5.85. The minimum atomic E-state index is -4.56. The number of nitrogens with one attached hydrogen (secondary N) is 2. The third kappa shape index (κ3) is 5.72. The fraction of sp³-hybridized carbons (Fsp3) is 0.263. The maximum absolute atomic E-state index is 12.8. The molecular formula is C19H18ClF3N2O2. The molecule has 0 atom stereocenters. The Bertz CT molecular complexity index is 874. The Labute approximate surface area is 159 Å². The Morgan fingerprint density at radius 2 is 1.52 bits per heavy atom. The average molecular weight is 399 g/mol. The summed E-state index contributed by atoms with van der Waals surface area (Å²) in [7, 11) is 0. The van der Waals surface area contributed by atoms with Crippen molar-refractivity contribution >= 4 is 29.1 Å². The Morgan fingerprint density at radius 3 is 2.07 bits per heavy atom. The molecule has 4 nitrogen and oxygen atoms in total. The molecule has 0 bridgehead atoms. The molecule has 2 rings (SSSR count). The lowest BCUT2D eigenvalue weighted by Gasteiger charge is -2.20. The number of alkyl halides is 3. The minimum Gasteiger partial charge on any atom is -0.347 e. The van der Waals surface area contributed by atoms with E-state index in [1.54, 1.807) is 0 Å². The number of halogens is 4. The van der Waals surface area contributed by atoms with Gasteiger partial charge >= 0.3 is 6.18 Å². The van der Waals surface area contributed by atoms with Crippen molar-refractivity contribution in [2.45, 2.75) is 32.5 Å². The number of carbonyl (C=O) groups is 2. The molecular weight excluding hydrogens is 381 g/mol. The predicted octanol–water partition coefficient (Wildman–Crippen LogP) is 5.14. The zero-order valence-corrected chi connectivity index (χ0v) is 15.6. The number of carbonyl (C=O) groups excluding carboxylic acids is 2. The van der Waals surface area contributed by atoms with Crippen LogP contribution in [0.4, 0.5) is 18.9 Å². The second kappa shape index (κ2) is 7.60. The van der Waals surface area contributed by atoms with Crippen molar-refractivity contribution in [3.05, 3.63) is 64.2 Å². The maximum atomic E-state index is 12.8. The summed E-state index contributed by atoms with van der Waals surface area (Å²) in [6.45, 7) is 5.45. The first-order valence-electron chi connectivity index (χ1n) is 7.97. The largest absolute Gasteiger partial charge is 0.416 e. The summed E-state index contributed by atoms with van der Waals surface area (Å²) in [6.07, 6.45) is -4.56. The van der Waals surface area contributed by atoms with E-state index in [0.717, 1.165) is 18.2 Å². The second-order valence-corrected chi connectivity index (χ2v) is 7.34.